The molecule has 0 aromatic carbocycles. The summed E-state index contributed by atoms with van der Waals surface area (Å²) in [6, 6.07) is 0. The molecule has 0 aliphatic carbocycles. The van der Waals surface area contributed by atoms with E-state index in [0.717, 1.165) is 32.7 Å². The van der Waals surface area contributed by atoms with Crippen molar-refractivity contribution < 1.29 is 9.53 Å². The van der Waals surface area contributed by atoms with Crippen LogP contribution in [0, 0.1) is 11.8 Å². The highest BCUT2D eigenvalue weighted by Gasteiger charge is 2.21. The van der Waals surface area contributed by atoms with Crippen LogP contribution in [-0.4, -0.2) is 37.1 Å². The molecule has 1 atom stereocenters. The third-order valence-corrected chi connectivity index (χ3v) is 2.82. The number of nitrogens with zero attached hydrogens (tertiary/aromatic N) is 1. The number of carbonyl (C=O) groups is 1. The van der Waals surface area contributed by atoms with Gasteiger partial charge in [-0.05, 0) is 19.3 Å². The van der Waals surface area contributed by atoms with Crippen LogP contribution in [0.5, 0.6) is 0 Å². The third kappa shape index (κ3) is 4.20. The summed E-state index contributed by atoms with van der Waals surface area (Å²) in [6.45, 7) is 9.61. The standard InChI is InChI=1S/C12H23NO2/c1-4-13(12(14)7-10(2)3)8-11-5-6-15-9-11/h10-11H,4-9H2,1-3H3. The van der Waals surface area contributed by atoms with Crippen LogP contribution in [0.3, 0.4) is 0 Å². The number of ether oxygens (including phenoxy) is 1. The van der Waals surface area contributed by atoms with Crippen molar-refractivity contribution in [2.45, 2.75) is 33.6 Å². The summed E-state index contributed by atoms with van der Waals surface area (Å²) in [5.74, 6) is 1.30. The van der Waals surface area contributed by atoms with E-state index in [0.29, 0.717) is 24.2 Å². The predicted octanol–water partition coefficient (Wildman–Crippen LogP) is 1.92. The maximum atomic E-state index is 11.9. The van der Waals surface area contributed by atoms with E-state index >= 15 is 0 Å². The topological polar surface area (TPSA) is 29.5 Å². The largest absolute Gasteiger partial charge is 0.381 e. The Morgan fingerprint density at radius 2 is 2.27 bits per heavy atom. The van der Waals surface area contributed by atoms with Crippen LogP contribution in [0.15, 0.2) is 0 Å². The fourth-order valence-electron chi connectivity index (χ4n) is 1.92. The van der Waals surface area contributed by atoms with E-state index in [1.807, 2.05) is 11.8 Å². The fraction of sp³-hybridized carbons (Fsp3) is 0.917. The minimum Gasteiger partial charge on any atom is -0.381 e. The van der Waals surface area contributed by atoms with Gasteiger partial charge >= 0.3 is 0 Å². The van der Waals surface area contributed by atoms with E-state index in [4.69, 9.17) is 4.74 Å². The lowest BCUT2D eigenvalue weighted by atomic mass is 10.1. The molecule has 0 aromatic heterocycles. The summed E-state index contributed by atoms with van der Waals surface area (Å²) in [6.07, 6.45) is 1.77. The van der Waals surface area contributed by atoms with Crippen molar-refractivity contribution in [3.05, 3.63) is 0 Å². The average Bonchev–Trinajstić information content (AvgIpc) is 2.65. The summed E-state index contributed by atoms with van der Waals surface area (Å²) >= 11 is 0. The second-order valence-electron chi connectivity index (χ2n) is 4.76. The van der Waals surface area contributed by atoms with Crippen LogP contribution in [0.2, 0.25) is 0 Å². The van der Waals surface area contributed by atoms with Gasteiger partial charge in [-0.25, -0.2) is 0 Å². The molecule has 1 aliphatic heterocycles. The number of amides is 1. The molecule has 1 heterocycles. The Hall–Kier alpha value is -0.570. The maximum Gasteiger partial charge on any atom is 0.222 e. The van der Waals surface area contributed by atoms with Gasteiger partial charge in [-0.15, -0.1) is 0 Å². The van der Waals surface area contributed by atoms with Crippen molar-refractivity contribution in [2.24, 2.45) is 11.8 Å². The van der Waals surface area contributed by atoms with E-state index < -0.39 is 0 Å². The van der Waals surface area contributed by atoms with Crippen LogP contribution in [0.25, 0.3) is 0 Å². The molecule has 0 radical (unpaired) electrons. The van der Waals surface area contributed by atoms with Gasteiger partial charge in [0, 0.05) is 32.0 Å². The molecule has 1 rings (SSSR count). The Kier molecular flexibility index (Phi) is 5.09. The minimum atomic E-state index is 0.291. The highest BCUT2D eigenvalue weighted by molar-refractivity contribution is 5.76. The lowest BCUT2D eigenvalue weighted by Crippen LogP contribution is -2.36. The molecule has 1 aliphatic rings. The molecule has 1 fully saturated rings. The van der Waals surface area contributed by atoms with Gasteiger partial charge in [0.2, 0.25) is 5.91 Å². The van der Waals surface area contributed by atoms with Crippen molar-refractivity contribution >= 4 is 5.91 Å². The van der Waals surface area contributed by atoms with Crippen molar-refractivity contribution in [3.8, 4) is 0 Å². The molecule has 0 spiro atoms. The molecule has 0 aromatic rings. The first kappa shape index (κ1) is 12.5. The Balaban J connectivity index is 2.36. The predicted molar refractivity (Wildman–Crippen MR) is 60.6 cm³/mol. The van der Waals surface area contributed by atoms with Crippen molar-refractivity contribution in [3.63, 3.8) is 0 Å². The molecule has 1 unspecified atom stereocenters. The van der Waals surface area contributed by atoms with Crippen LogP contribution in [0.1, 0.15) is 33.6 Å². The first-order valence-corrected chi connectivity index (χ1v) is 5.99. The minimum absolute atomic E-state index is 0.291. The van der Waals surface area contributed by atoms with Crippen LogP contribution in [-0.2, 0) is 9.53 Å². The molecule has 0 saturated carbocycles. The molecular weight excluding hydrogens is 190 g/mol. The zero-order chi connectivity index (χ0) is 11.3. The lowest BCUT2D eigenvalue weighted by molar-refractivity contribution is -0.132. The Bertz CT molecular complexity index is 198. The first-order valence-electron chi connectivity index (χ1n) is 5.99. The van der Waals surface area contributed by atoms with E-state index in [-0.39, 0.29) is 0 Å². The quantitative estimate of drug-likeness (QED) is 0.698. The molecular formula is C12H23NO2. The van der Waals surface area contributed by atoms with E-state index in [1.165, 1.54) is 0 Å². The molecule has 3 heteroatoms. The fourth-order valence-corrected chi connectivity index (χ4v) is 1.92. The van der Waals surface area contributed by atoms with Gasteiger partial charge < -0.3 is 9.64 Å². The molecule has 15 heavy (non-hydrogen) atoms. The Labute approximate surface area is 92.8 Å². The van der Waals surface area contributed by atoms with Crippen molar-refractivity contribution in [2.75, 3.05) is 26.3 Å². The number of rotatable bonds is 5. The van der Waals surface area contributed by atoms with Crippen molar-refractivity contribution in [1.82, 2.24) is 4.90 Å². The monoisotopic (exact) mass is 213 g/mol. The van der Waals surface area contributed by atoms with Gasteiger partial charge in [-0.3, -0.25) is 4.79 Å². The Morgan fingerprint density at radius 3 is 2.73 bits per heavy atom. The zero-order valence-corrected chi connectivity index (χ0v) is 10.2. The van der Waals surface area contributed by atoms with Crippen LogP contribution in [0.4, 0.5) is 0 Å². The molecule has 0 bridgehead atoms. The molecule has 0 N–H and O–H groups in total. The summed E-state index contributed by atoms with van der Waals surface area (Å²) in [5, 5.41) is 0. The van der Waals surface area contributed by atoms with E-state index in [1.54, 1.807) is 0 Å². The van der Waals surface area contributed by atoms with E-state index in [9.17, 15) is 4.79 Å². The van der Waals surface area contributed by atoms with E-state index in [2.05, 4.69) is 13.8 Å². The average molecular weight is 213 g/mol. The lowest BCUT2D eigenvalue weighted by Gasteiger charge is -2.24. The number of hydrogen-bond donors (Lipinski definition) is 0. The molecule has 3 nitrogen and oxygen atoms in total. The van der Waals surface area contributed by atoms with Gasteiger partial charge in [0.1, 0.15) is 0 Å². The normalized spacial score (nSPS) is 20.9. The van der Waals surface area contributed by atoms with Gasteiger partial charge in [0.25, 0.3) is 0 Å². The van der Waals surface area contributed by atoms with Gasteiger partial charge in [0.15, 0.2) is 0 Å². The summed E-state index contributed by atoms with van der Waals surface area (Å²) in [7, 11) is 0. The maximum absolute atomic E-state index is 11.9. The summed E-state index contributed by atoms with van der Waals surface area (Å²) < 4.78 is 5.33. The first-order chi connectivity index (χ1) is 7.13. The number of carbonyl (C=O) groups excluding carboxylic acids is 1. The van der Waals surface area contributed by atoms with Crippen molar-refractivity contribution in [1.29, 1.82) is 0 Å². The van der Waals surface area contributed by atoms with Gasteiger partial charge in [-0.1, -0.05) is 13.8 Å². The number of hydrogen-bond acceptors (Lipinski definition) is 2. The summed E-state index contributed by atoms with van der Waals surface area (Å²) in [5.41, 5.74) is 0. The highest BCUT2D eigenvalue weighted by atomic mass is 16.5. The SMILES string of the molecule is CCN(CC1CCOC1)C(=O)CC(C)C. The second-order valence-corrected chi connectivity index (χ2v) is 4.76. The van der Waals surface area contributed by atoms with Gasteiger partial charge in [0.05, 0.1) is 6.61 Å². The molecule has 88 valence electrons. The Morgan fingerprint density at radius 1 is 1.53 bits per heavy atom. The molecule has 1 saturated heterocycles. The smallest absolute Gasteiger partial charge is 0.222 e. The molecule has 1 amide bonds. The summed E-state index contributed by atoms with van der Waals surface area (Å²) in [4.78, 5) is 13.8. The van der Waals surface area contributed by atoms with Crippen LogP contribution >= 0.6 is 0 Å². The second kappa shape index (κ2) is 6.11. The third-order valence-electron chi connectivity index (χ3n) is 2.82. The van der Waals surface area contributed by atoms with Gasteiger partial charge in [-0.2, -0.15) is 0 Å². The highest BCUT2D eigenvalue weighted by Crippen LogP contribution is 2.15. The van der Waals surface area contributed by atoms with Crippen LogP contribution < -0.4 is 0 Å². The zero-order valence-electron chi connectivity index (χ0n) is 10.2.